The van der Waals surface area contributed by atoms with Gasteiger partial charge in [-0.25, -0.2) is 0 Å². The first-order valence-electron chi connectivity index (χ1n) is 10.6. The van der Waals surface area contributed by atoms with Crippen molar-refractivity contribution in [2.45, 2.75) is 76.3 Å². The number of rotatable bonds is 4. The lowest BCUT2D eigenvalue weighted by atomic mass is 9.85. The smallest absolute Gasteiger partial charge is 0.251 e. The van der Waals surface area contributed by atoms with Crippen molar-refractivity contribution in [3.8, 4) is 0 Å². The predicted octanol–water partition coefficient (Wildman–Crippen LogP) is 4.08. The van der Waals surface area contributed by atoms with Crippen molar-refractivity contribution in [2.75, 3.05) is 6.54 Å². The average Bonchev–Trinajstić information content (AvgIpc) is 2.76. The topological polar surface area (TPSA) is 83.1 Å². The lowest BCUT2D eigenvalue weighted by Crippen LogP contribution is -2.53. The molecule has 158 valence electrons. The molecule has 0 aromatic heterocycles. The summed E-state index contributed by atoms with van der Waals surface area (Å²) in [7, 11) is 0. The third-order valence-corrected chi connectivity index (χ3v) is 6.28. The molecule has 0 radical (unpaired) electrons. The molecule has 7 heteroatoms. The van der Waals surface area contributed by atoms with Crippen molar-refractivity contribution in [2.24, 2.45) is 5.92 Å². The maximum atomic E-state index is 12.3. The molecule has 1 aromatic rings. The molecule has 0 bridgehead atoms. The number of benzene rings is 1. The molecule has 4 rings (SSSR count). The normalized spacial score (nSPS) is 23.8. The molecule has 29 heavy (non-hydrogen) atoms. The molecule has 1 heterocycles. The molecule has 3 fully saturated rings. The van der Waals surface area contributed by atoms with E-state index in [1.165, 1.54) is 13.3 Å². The van der Waals surface area contributed by atoms with Crippen molar-refractivity contribution in [1.82, 2.24) is 5.32 Å². The molecule has 3 aliphatic rings. The quantitative estimate of drug-likeness (QED) is 0.603. The molecule has 2 spiro atoms. The molecule has 2 saturated carbocycles. The van der Waals surface area contributed by atoms with Gasteiger partial charge < -0.3 is 5.32 Å². The summed E-state index contributed by atoms with van der Waals surface area (Å²) in [4.78, 5) is 46.5. The van der Waals surface area contributed by atoms with E-state index in [-0.39, 0.29) is 11.7 Å². The van der Waals surface area contributed by atoms with Gasteiger partial charge >= 0.3 is 0 Å². The Morgan fingerprint density at radius 1 is 0.862 bits per heavy atom. The highest BCUT2D eigenvalue weighted by Gasteiger charge is 2.50. The number of ketones is 1. The first-order chi connectivity index (χ1) is 14.0. The molecule has 1 amide bonds. The Morgan fingerprint density at radius 2 is 1.38 bits per heavy atom. The van der Waals surface area contributed by atoms with Crippen LogP contribution in [0.15, 0.2) is 24.3 Å². The van der Waals surface area contributed by atoms with E-state index in [0.717, 1.165) is 38.5 Å². The van der Waals surface area contributed by atoms with Gasteiger partial charge in [0, 0.05) is 43.4 Å². The summed E-state index contributed by atoms with van der Waals surface area (Å²) in [6.07, 6.45) is 7.92. The van der Waals surface area contributed by atoms with Gasteiger partial charge in [0.1, 0.15) is 0 Å². The Bertz CT molecular complexity index is 720. The van der Waals surface area contributed by atoms with Crippen LogP contribution in [-0.4, -0.2) is 29.8 Å². The fourth-order valence-corrected chi connectivity index (χ4v) is 4.27. The third kappa shape index (κ3) is 4.69. The number of amides is 1. The highest BCUT2D eigenvalue weighted by Crippen LogP contribution is 2.44. The van der Waals surface area contributed by atoms with Gasteiger partial charge in [-0.15, -0.1) is 0 Å². The van der Waals surface area contributed by atoms with Crippen molar-refractivity contribution >= 4 is 11.7 Å². The van der Waals surface area contributed by atoms with Gasteiger partial charge in [-0.05, 0) is 50.7 Å². The Kier molecular flexibility index (Phi) is 6.01. The Hall–Kier alpha value is -1.80. The SMILES string of the molecule is CC(=O)c1ccc(C(=O)NCC2CCC3(CC2)OOC2(CCCCC2)OO3)cc1. The highest BCUT2D eigenvalue weighted by atomic mass is 17.4. The van der Waals surface area contributed by atoms with Crippen LogP contribution in [0.2, 0.25) is 0 Å². The maximum Gasteiger partial charge on any atom is 0.251 e. The minimum atomic E-state index is -0.828. The predicted molar refractivity (Wildman–Crippen MR) is 104 cm³/mol. The number of Topliss-reactive ketones (excluding diaryl/α,β-unsaturated/α-hetero) is 1. The molecule has 0 atom stereocenters. The van der Waals surface area contributed by atoms with Gasteiger partial charge in [0.05, 0.1) is 0 Å². The van der Waals surface area contributed by atoms with Crippen molar-refractivity contribution < 1.29 is 29.1 Å². The second-order valence-electron chi connectivity index (χ2n) is 8.50. The molecular weight excluding hydrogens is 374 g/mol. The first-order valence-corrected chi connectivity index (χ1v) is 10.6. The molecule has 1 aromatic carbocycles. The zero-order chi connectivity index (χ0) is 20.3. The van der Waals surface area contributed by atoms with Gasteiger partial charge in [0.25, 0.3) is 5.91 Å². The van der Waals surface area contributed by atoms with Gasteiger partial charge in [-0.3, -0.25) is 9.59 Å². The van der Waals surface area contributed by atoms with E-state index in [0.29, 0.717) is 36.4 Å². The lowest BCUT2D eigenvalue weighted by Gasteiger charge is -2.46. The van der Waals surface area contributed by atoms with Crippen molar-refractivity contribution in [3.63, 3.8) is 0 Å². The van der Waals surface area contributed by atoms with Crippen LogP contribution in [-0.2, 0) is 19.6 Å². The van der Waals surface area contributed by atoms with Crippen molar-refractivity contribution in [3.05, 3.63) is 35.4 Å². The van der Waals surface area contributed by atoms with Gasteiger partial charge in [-0.2, -0.15) is 19.6 Å². The van der Waals surface area contributed by atoms with Crippen LogP contribution in [0.3, 0.4) is 0 Å². The summed E-state index contributed by atoms with van der Waals surface area (Å²) in [5.41, 5.74) is 1.16. The zero-order valence-electron chi connectivity index (χ0n) is 16.9. The van der Waals surface area contributed by atoms with E-state index >= 15 is 0 Å². The summed E-state index contributed by atoms with van der Waals surface area (Å²) in [6, 6.07) is 6.72. The van der Waals surface area contributed by atoms with Crippen LogP contribution in [0.25, 0.3) is 0 Å². The molecule has 2 aliphatic carbocycles. The monoisotopic (exact) mass is 403 g/mol. The molecular formula is C22H29NO6. The largest absolute Gasteiger partial charge is 0.352 e. The summed E-state index contributed by atoms with van der Waals surface area (Å²) in [5, 5.41) is 2.99. The minimum Gasteiger partial charge on any atom is -0.352 e. The summed E-state index contributed by atoms with van der Waals surface area (Å²) in [6.45, 7) is 2.10. The fraction of sp³-hybridized carbons (Fsp3) is 0.636. The zero-order valence-corrected chi connectivity index (χ0v) is 16.9. The molecule has 7 nitrogen and oxygen atoms in total. The highest BCUT2D eigenvalue weighted by molar-refractivity contribution is 5.97. The van der Waals surface area contributed by atoms with Gasteiger partial charge in [0.15, 0.2) is 5.78 Å². The number of carbonyl (C=O) groups is 2. The Morgan fingerprint density at radius 3 is 1.93 bits per heavy atom. The van der Waals surface area contributed by atoms with Gasteiger partial charge in [0.2, 0.25) is 11.6 Å². The number of nitrogens with one attached hydrogen (secondary N) is 1. The van der Waals surface area contributed by atoms with Gasteiger partial charge in [-0.1, -0.05) is 18.6 Å². The standard InChI is InChI=1S/C22H29NO6/c1-16(24)18-5-7-19(8-6-18)20(25)23-15-17-9-13-22(14-10-17)28-26-21(27-29-22)11-3-2-4-12-21/h5-8,17H,2-4,9-15H2,1H3,(H,23,25). The van der Waals surface area contributed by atoms with E-state index in [2.05, 4.69) is 5.32 Å². The van der Waals surface area contributed by atoms with Crippen LogP contribution >= 0.6 is 0 Å². The maximum absolute atomic E-state index is 12.3. The van der Waals surface area contributed by atoms with Crippen molar-refractivity contribution in [1.29, 1.82) is 0 Å². The molecule has 0 unspecified atom stereocenters. The van der Waals surface area contributed by atoms with E-state index in [1.807, 2.05) is 0 Å². The second kappa shape index (κ2) is 8.52. The Balaban J connectivity index is 1.22. The van der Waals surface area contributed by atoms with E-state index in [4.69, 9.17) is 19.6 Å². The van der Waals surface area contributed by atoms with E-state index in [9.17, 15) is 9.59 Å². The van der Waals surface area contributed by atoms with Crippen LogP contribution in [0.5, 0.6) is 0 Å². The Labute approximate surface area is 170 Å². The number of carbonyl (C=O) groups excluding carboxylic acids is 2. The third-order valence-electron chi connectivity index (χ3n) is 6.28. The minimum absolute atomic E-state index is 0.0115. The number of hydrogen-bond acceptors (Lipinski definition) is 6. The van der Waals surface area contributed by atoms with E-state index in [1.54, 1.807) is 24.3 Å². The van der Waals surface area contributed by atoms with E-state index < -0.39 is 11.6 Å². The van der Waals surface area contributed by atoms with Crippen LogP contribution in [0.1, 0.15) is 85.4 Å². The summed E-state index contributed by atoms with van der Waals surface area (Å²) in [5.74, 6) is -1.35. The average molecular weight is 403 g/mol. The second-order valence-corrected chi connectivity index (χ2v) is 8.50. The van der Waals surface area contributed by atoms with Crippen LogP contribution in [0, 0.1) is 5.92 Å². The number of hydrogen-bond donors (Lipinski definition) is 1. The molecule has 1 saturated heterocycles. The summed E-state index contributed by atoms with van der Waals surface area (Å²) < 4.78 is 0. The molecule has 1 aliphatic heterocycles. The van der Waals surface area contributed by atoms with Crippen LogP contribution in [0.4, 0.5) is 0 Å². The lowest BCUT2D eigenvalue weighted by molar-refractivity contribution is -0.663. The molecule has 1 N–H and O–H groups in total. The fourth-order valence-electron chi connectivity index (χ4n) is 4.27. The van der Waals surface area contributed by atoms with Crippen LogP contribution < -0.4 is 5.32 Å². The first kappa shape index (κ1) is 20.5. The summed E-state index contributed by atoms with van der Waals surface area (Å²) >= 11 is 0.